The summed E-state index contributed by atoms with van der Waals surface area (Å²) in [7, 11) is 2.68. The second-order valence-electron chi connectivity index (χ2n) is 4.03. The van der Waals surface area contributed by atoms with Crippen molar-refractivity contribution >= 4 is 18.3 Å². The second-order valence-corrected chi connectivity index (χ2v) is 4.03. The van der Waals surface area contributed by atoms with Crippen molar-refractivity contribution in [3.8, 4) is 0 Å². The Balaban J connectivity index is 0.00000361. The highest BCUT2D eigenvalue weighted by Crippen LogP contribution is 2.29. The Labute approximate surface area is 121 Å². The molecule has 1 amide bonds. The molecule has 20 heavy (non-hydrogen) atoms. The zero-order valence-electron chi connectivity index (χ0n) is 11.0. The second kappa shape index (κ2) is 7.47. The van der Waals surface area contributed by atoms with Crippen molar-refractivity contribution in [3.05, 3.63) is 35.4 Å². The van der Waals surface area contributed by atoms with Crippen LogP contribution in [0.4, 0.5) is 13.2 Å². The number of halogens is 4. The van der Waals surface area contributed by atoms with Crippen LogP contribution in [0.15, 0.2) is 24.3 Å². The van der Waals surface area contributed by atoms with Crippen LogP contribution in [0.25, 0.3) is 0 Å². The molecule has 0 saturated heterocycles. The third kappa shape index (κ3) is 4.99. The summed E-state index contributed by atoms with van der Waals surface area (Å²) < 4.78 is 37.6. The molecule has 114 valence electrons. The van der Waals surface area contributed by atoms with Crippen LogP contribution in [0.1, 0.15) is 11.1 Å². The van der Waals surface area contributed by atoms with E-state index in [0.29, 0.717) is 5.56 Å². The lowest BCUT2D eigenvalue weighted by Crippen LogP contribution is -2.42. The molecule has 0 spiro atoms. The number of nitrogens with zero attached hydrogens (tertiary/aromatic N) is 1. The van der Waals surface area contributed by atoms with Crippen LogP contribution in [0.2, 0.25) is 0 Å². The van der Waals surface area contributed by atoms with E-state index in [4.69, 9.17) is 5.73 Å². The molecule has 4 nitrogen and oxygen atoms in total. The van der Waals surface area contributed by atoms with E-state index in [9.17, 15) is 18.0 Å². The minimum absolute atomic E-state index is 0. The minimum atomic E-state index is -4.41. The summed E-state index contributed by atoms with van der Waals surface area (Å²) in [6, 6.07) is 3.79. The first-order chi connectivity index (χ1) is 8.75. The van der Waals surface area contributed by atoms with Gasteiger partial charge in [0.1, 0.15) is 0 Å². The van der Waals surface area contributed by atoms with Crippen molar-refractivity contribution in [1.29, 1.82) is 0 Å². The standard InChI is InChI=1S/C12H15F3N2O2.ClH/c1-17(19-2)11(18)10(16)7-8-4-3-5-9(6-8)12(13,14)15;/h3-6,10H,7,16H2,1-2H3;1H. The lowest BCUT2D eigenvalue weighted by Gasteiger charge is -2.19. The molecule has 0 heterocycles. The highest BCUT2D eigenvalue weighted by molar-refractivity contribution is 5.85. The molecular weight excluding hydrogens is 297 g/mol. The molecule has 0 fully saturated rings. The SMILES string of the molecule is CON(C)C(=O)C(N)Cc1cccc(C(F)(F)F)c1.Cl. The molecule has 1 atom stereocenters. The molecule has 0 bridgehead atoms. The third-order valence-corrected chi connectivity index (χ3v) is 2.61. The molecule has 1 rings (SSSR count). The lowest BCUT2D eigenvalue weighted by molar-refractivity contribution is -0.170. The van der Waals surface area contributed by atoms with Gasteiger partial charge in [-0.2, -0.15) is 13.2 Å². The summed E-state index contributed by atoms with van der Waals surface area (Å²) in [5.41, 5.74) is 5.22. The van der Waals surface area contributed by atoms with Crippen molar-refractivity contribution in [1.82, 2.24) is 5.06 Å². The molecule has 1 aromatic carbocycles. The van der Waals surface area contributed by atoms with E-state index in [-0.39, 0.29) is 18.8 Å². The zero-order valence-corrected chi connectivity index (χ0v) is 11.8. The predicted molar refractivity (Wildman–Crippen MR) is 70.2 cm³/mol. The summed E-state index contributed by atoms with van der Waals surface area (Å²) >= 11 is 0. The fraction of sp³-hybridized carbons (Fsp3) is 0.417. The Kier molecular flexibility index (Phi) is 6.98. The number of hydrogen-bond acceptors (Lipinski definition) is 3. The van der Waals surface area contributed by atoms with Crippen LogP contribution < -0.4 is 5.73 Å². The summed E-state index contributed by atoms with van der Waals surface area (Å²) in [6.45, 7) is 0. The Hall–Kier alpha value is -1.31. The van der Waals surface area contributed by atoms with Gasteiger partial charge in [0.25, 0.3) is 5.91 Å². The van der Waals surface area contributed by atoms with E-state index < -0.39 is 23.7 Å². The monoisotopic (exact) mass is 312 g/mol. The summed E-state index contributed by atoms with van der Waals surface area (Å²) in [6.07, 6.45) is -4.40. The smallest absolute Gasteiger partial charge is 0.320 e. The molecule has 0 saturated carbocycles. The maximum Gasteiger partial charge on any atom is 0.416 e. The highest BCUT2D eigenvalue weighted by Gasteiger charge is 2.30. The van der Waals surface area contributed by atoms with E-state index in [1.165, 1.54) is 26.3 Å². The molecule has 8 heteroatoms. The van der Waals surface area contributed by atoms with Gasteiger partial charge in [0.2, 0.25) is 0 Å². The van der Waals surface area contributed by atoms with Gasteiger partial charge in [-0.05, 0) is 18.1 Å². The number of nitrogens with two attached hydrogens (primary N) is 1. The van der Waals surface area contributed by atoms with Crippen molar-refractivity contribution in [2.45, 2.75) is 18.6 Å². The number of carbonyl (C=O) groups is 1. The average Bonchev–Trinajstić information content (AvgIpc) is 2.36. The molecule has 0 aliphatic carbocycles. The molecule has 0 aliphatic rings. The topological polar surface area (TPSA) is 55.6 Å². The fourth-order valence-electron chi connectivity index (χ4n) is 1.54. The number of alkyl halides is 3. The van der Waals surface area contributed by atoms with Crippen LogP contribution in [-0.4, -0.2) is 31.2 Å². The van der Waals surface area contributed by atoms with Gasteiger partial charge in [-0.1, -0.05) is 18.2 Å². The summed E-state index contributed by atoms with van der Waals surface area (Å²) in [5, 5.41) is 0.943. The van der Waals surface area contributed by atoms with Crippen molar-refractivity contribution in [2.75, 3.05) is 14.2 Å². The fourth-order valence-corrected chi connectivity index (χ4v) is 1.54. The lowest BCUT2D eigenvalue weighted by atomic mass is 10.0. The number of rotatable bonds is 4. The maximum absolute atomic E-state index is 12.5. The number of hydroxylamine groups is 2. The van der Waals surface area contributed by atoms with Crippen LogP contribution in [0, 0.1) is 0 Å². The van der Waals surface area contributed by atoms with E-state index in [1.54, 1.807) is 0 Å². The van der Waals surface area contributed by atoms with Gasteiger partial charge < -0.3 is 5.73 Å². The predicted octanol–water partition coefficient (Wildman–Crippen LogP) is 2.02. The van der Waals surface area contributed by atoms with Crippen molar-refractivity contribution in [2.24, 2.45) is 5.73 Å². The van der Waals surface area contributed by atoms with Crippen LogP contribution in [0.5, 0.6) is 0 Å². The quantitative estimate of drug-likeness (QED) is 0.865. The Morgan fingerprint density at radius 1 is 1.45 bits per heavy atom. The van der Waals surface area contributed by atoms with E-state index >= 15 is 0 Å². The third-order valence-electron chi connectivity index (χ3n) is 2.61. The molecule has 0 aromatic heterocycles. The molecule has 2 N–H and O–H groups in total. The normalized spacial score (nSPS) is 12.5. The van der Waals surface area contributed by atoms with Gasteiger partial charge in [0.15, 0.2) is 0 Å². The molecule has 1 unspecified atom stereocenters. The molecule has 1 aromatic rings. The van der Waals surface area contributed by atoms with Crippen molar-refractivity contribution < 1.29 is 22.8 Å². The van der Waals surface area contributed by atoms with Gasteiger partial charge in [-0.15, -0.1) is 12.4 Å². The first-order valence-electron chi connectivity index (χ1n) is 5.49. The van der Waals surface area contributed by atoms with Crippen LogP contribution in [-0.2, 0) is 22.2 Å². The van der Waals surface area contributed by atoms with Gasteiger partial charge in [-0.3, -0.25) is 9.63 Å². The Morgan fingerprint density at radius 3 is 2.55 bits per heavy atom. The van der Waals surface area contributed by atoms with E-state index in [2.05, 4.69) is 4.84 Å². The number of likely N-dealkylation sites (N-methyl/N-ethyl adjacent to an activating group) is 1. The Bertz CT molecular complexity index is 455. The average molecular weight is 313 g/mol. The van der Waals surface area contributed by atoms with Gasteiger partial charge in [-0.25, -0.2) is 5.06 Å². The number of amides is 1. The van der Waals surface area contributed by atoms with Crippen LogP contribution >= 0.6 is 12.4 Å². The maximum atomic E-state index is 12.5. The van der Waals surface area contributed by atoms with Gasteiger partial charge in [0, 0.05) is 7.05 Å². The van der Waals surface area contributed by atoms with Gasteiger partial charge in [0.05, 0.1) is 18.7 Å². The first-order valence-corrected chi connectivity index (χ1v) is 5.49. The number of benzene rings is 1. The summed E-state index contributed by atoms with van der Waals surface area (Å²) in [5.74, 6) is -0.500. The number of hydrogen-bond donors (Lipinski definition) is 1. The number of carbonyl (C=O) groups excluding carboxylic acids is 1. The largest absolute Gasteiger partial charge is 0.416 e. The minimum Gasteiger partial charge on any atom is -0.320 e. The zero-order chi connectivity index (χ0) is 14.6. The van der Waals surface area contributed by atoms with Crippen LogP contribution in [0.3, 0.4) is 0 Å². The van der Waals surface area contributed by atoms with E-state index in [0.717, 1.165) is 17.2 Å². The van der Waals surface area contributed by atoms with E-state index in [1.807, 2.05) is 0 Å². The first kappa shape index (κ1) is 18.7. The molecule has 0 aliphatic heterocycles. The molecule has 0 radical (unpaired) electrons. The molecular formula is C12H16ClF3N2O2. The van der Waals surface area contributed by atoms with Gasteiger partial charge >= 0.3 is 6.18 Å². The summed E-state index contributed by atoms with van der Waals surface area (Å²) in [4.78, 5) is 16.3. The Morgan fingerprint density at radius 2 is 2.05 bits per heavy atom. The van der Waals surface area contributed by atoms with Crippen molar-refractivity contribution in [3.63, 3.8) is 0 Å². The highest BCUT2D eigenvalue weighted by atomic mass is 35.5.